The molecule has 2 N–H and O–H groups in total. The van der Waals surface area contributed by atoms with Gasteiger partial charge in [0.1, 0.15) is 0 Å². The van der Waals surface area contributed by atoms with Crippen molar-refractivity contribution in [2.75, 3.05) is 14.2 Å². The Morgan fingerprint density at radius 2 is 1.78 bits per heavy atom. The molecular weight excluding hydrogens is 228 g/mol. The molecule has 0 fully saturated rings. The van der Waals surface area contributed by atoms with Crippen molar-refractivity contribution in [1.29, 1.82) is 5.26 Å². The average molecular weight is 248 g/mol. The first-order chi connectivity index (χ1) is 8.54. The van der Waals surface area contributed by atoms with Crippen LogP contribution in [0.2, 0.25) is 0 Å². The van der Waals surface area contributed by atoms with Gasteiger partial charge in [0.25, 0.3) is 0 Å². The maximum atomic E-state index is 9.17. The van der Waals surface area contributed by atoms with Crippen LogP contribution >= 0.6 is 0 Å². The maximum absolute atomic E-state index is 9.17. The van der Waals surface area contributed by atoms with Crippen molar-refractivity contribution in [2.45, 2.75) is 19.9 Å². The Kier molecular flexibility index (Phi) is 4.99. The number of benzene rings is 1. The van der Waals surface area contributed by atoms with Gasteiger partial charge in [-0.3, -0.25) is 0 Å². The van der Waals surface area contributed by atoms with E-state index in [4.69, 9.17) is 20.5 Å². The van der Waals surface area contributed by atoms with Gasteiger partial charge in [-0.05, 0) is 23.6 Å². The van der Waals surface area contributed by atoms with Crippen LogP contribution in [-0.2, 0) is 0 Å². The van der Waals surface area contributed by atoms with Crippen molar-refractivity contribution in [3.8, 4) is 17.6 Å². The van der Waals surface area contributed by atoms with Gasteiger partial charge in [-0.2, -0.15) is 5.26 Å². The number of methoxy groups -OCH3 is 2. The van der Waals surface area contributed by atoms with Gasteiger partial charge in [0.2, 0.25) is 0 Å². The Labute approximate surface area is 108 Å². The third-order valence-corrected chi connectivity index (χ3v) is 3.05. The number of rotatable bonds is 5. The minimum absolute atomic E-state index is 0.207. The highest BCUT2D eigenvalue weighted by Gasteiger charge is 2.23. The maximum Gasteiger partial charge on any atom is 0.161 e. The molecule has 0 aromatic heterocycles. The predicted octanol–water partition coefficient (Wildman–Crippen LogP) is 2.50. The minimum Gasteiger partial charge on any atom is -0.493 e. The van der Waals surface area contributed by atoms with E-state index in [2.05, 4.69) is 6.07 Å². The van der Waals surface area contributed by atoms with Gasteiger partial charge < -0.3 is 15.2 Å². The zero-order valence-corrected chi connectivity index (χ0v) is 11.3. The Balaban J connectivity index is 3.07. The summed E-state index contributed by atoms with van der Waals surface area (Å²) in [7, 11) is 3.17. The molecule has 0 saturated heterocycles. The van der Waals surface area contributed by atoms with Crippen LogP contribution in [0.4, 0.5) is 0 Å². The summed E-state index contributed by atoms with van der Waals surface area (Å²) in [4.78, 5) is 0. The summed E-state index contributed by atoms with van der Waals surface area (Å²) in [5, 5.41) is 9.17. The summed E-state index contributed by atoms with van der Waals surface area (Å²) in [5.41, 5.74) is 7.03. The van der Waals surface area contributed by atoms with Gasteiger partial charge in [-0.1, -0.05) is 19.9 Å². The molecule has 1 aromatic rings. The molecule has 1 rings (SSSR count). The average Bonchev–Trinajstić information content (AvgIpc) is 2.38. The van der Waals surface area contributed by atoms with E-state index in [0.29, 0.717) is 11.5 Å². The third-order valence-electron chi connectivity index (χ3n) is 3.05. The number of hydrogen-bond acceptors (Lipinski definition) is 4. The monoisotopic (exact) mass is 248 g/mol. The topological polar surface area (TPSA) is 68.3 Å². The van der Waals surface area contributed by atoms with Crippen LogP contribution < -0.4 is 15.2 Å². The van der Waals surface area contributed by atoms with E-state index in [-0.39, 0.29) is 17.9 Å². The molecular formula is C14H20N2O2. The molecule has 0 radical (unpaired) electrons. The fraction of sp³-hybridized carbons (Fsp3) is 0.500. The summed E-state index contributed by atoms with van der Waals surface area (Å²) in [5.74, 6) is 1.28. The molecule has 18 heavy (non-hydrogen) atoms. The summed E-state index contributed by atoms with van der Waals surface area (Å²) in [6.07, 6.45) is 0. The van der Waals surface area contributed by atoms with Gasteiger partial charge in [-0.15, -0.1) is 0 Å². The summed E-state index contributed by atoms with van der Waals surface area (Å²) < 4.78 is 10.4. The largest absolute Gasteiger partial charge is 0.493 e. The van der Waals surface area contributed by atoms with Gasteiger partial charge in [-0.25, -0.2) is 0 Å². The van der Waals surface area contributed by atoms with Crippen molar-refractivity contribution in [3.63, 3.8) is 0 Å². The molecule has 0 aliphatic heterocycles. The first-order valence-electron chi connectivity index (χ1n) is 5.92. The van der Waals surface area contributed by atoms with Crippen LogP contribution in [0.1, 0.15) is 25.5 Å². The molecule has 1 aromatic carbocycles. The van der Waals surface area contributed by atoms with Gasteiger partial charge >= 0.3 is 0 Å². The molecule has 0 amide bonds. The lowest BCUT2D eigenvalue weighted by Gasteiger charge is -2.22. The summed E-state index contributed by atoms with van der Waals surface area (Å²) in [6.45, 7) is 3.99. The highest BCUT2D eigenvalue weighted by atomic mass is 16.5. The minimum atomic E-state index is -0.324. The molecule has 4 nitrogen and oxygen atoms in total. The predicted molar refractivity (Wildman–Crippen MR) is 70.4 cm³/mol. The number of nitrogens with two attached hydrogens (primary N) is 1. The zero-order valence-electron chi connectivity index (χ0n) is 11.3. The summed E-state index contributed by atoms with van der Waals surface area (Å²) in [6, 6.07) is 7.46. The SMILES string of the molecule is COc1ccc(C(N)C(C#N)C(C)C)cc1OC. The second-order valence-corrected chi connectivity index (χ2v) is 4.54. The van der Waals surface area contributed by atoms with Gasteiger partial charge in [0.05, 0.1) is 26.2 Å². The van der Waals surface area contributed by atoms with Crippen molar-refractivity contribution in [2.24, 2.45) is 17.6 Å². The molecule has 2 atom stereocenters. The van der Waals surface area contributed by atoms with Crippen molar-refractivity contribution >= 4 is 0 Å². The van der Waals surface area contributed by atoms with Gasteiger partial charge in [0, 0.05) is 6.04 Å². The Bertz CT molecular complexity index is 438. The standard InChI is InChI=1S/C14H20N2O2/c1-9(2)11(8-15)14(16)10-5-6-12(17-3)13(7-10)18-4/h5-7,9,11,14H,16H2,1-4H3. The smallest absolute Gasteiger partial charge is 0.161 e. The van der Waals surface area contributed by atoms with E-state index >= 15 is 0 Å². The lowest BCUT2D eigenvalue weighted by Crippen LogP contribution is -2.24. The Morgan fingerprint density at radius 3 is 2.22 bits per heavy atom. The normalized spacial score (nSPS) is 13.8. The quantitative estimate of drug-likeness (QED) is 0.869. The zero-order chi connectivity index (χ0) is 13.7. The highest BCUT2D eigenvalue weighted by Crippen LogP contribution is 2.32. The van der Waals surface area contributed by atoms with E-state index < -0.39 is 0 Å². The lowest BCUT2D eigenvalue weighted by molar-refractivity contribution is 0.352. The molecule has 0 bridgehead atoms. The first-order valence-corrected chi connectivity index (χ1v) is 5.92. The fourth-order valence-corrected chi connectivity index (χ4v) is 1.91. The molecule has 98 valence electrons. The van der Waals surface area contributed by atoms with Crippen LogP contribution in [-0.4, -0.2) is 14.2 Å². The van der Waals surface area contributed by atoms with E-state index in [1.807, 2.05) is 32.0 Å². The fourth-order valence-electron chi connectivity index (χ4n) is 1.91. The number of hydrogen-bond donors (Lipinski definition) is 1. The number of nitriles is 1. The van der Waals surface area contributed by atoms with E-state index in [1.54, 1.807) is 14.2 Å². The second kappa shape index (κ2) is 6.27. The van der Waals surface area contributed by atoms with Crippen LogP contribution in [0.5, 0.6) is 11.5 Å². The van der Waals surface area contributed by atoms with Crippen molar-refractivity contribution in [1.82, 2.24) is 0 Å². The molecule has 0 spiro atoms. The molecule has 2 unspecified atom stereocenters. The number of ether oxygens (including phenoxy) is 2. The van der Waals surface area contributed by atoms with Crippen molar-refractivity contribution < 1.29 is 9.47 Å². The Hall–Kier alpha value is -1.73. The van der Waals surface area contributed by atoms with Crippen LogP contribution in [0.15, 0.2) is 18.2 Å². The molecule has 0 aliphatic carbocycles. The van der Waals surface area contributed by atoms with E-state index in [1.165, 1.54) is 0 Å². The van der Waals surface area contributed by atoms with E-state index in [9.17, 15) is 0 Å². The molecule has 0 heterocycles. The van der Waals surface area contributed by atoms with Crippen LogP contribution in [0.25, 0.3) is 0 Å². The van der Waals surface area contributed by atoms with Crippen LogP contribution in [0.3, 0.4) is 0 Å². The molecule has 0 aliphatic rings. The summed E-state index contributed by atoms with van der Waals surface area (Å²) >= 11 is 0. The first kappa shape index (κ1) is 14.3. The lowest BCUT2D eigenvalue weighted by atomic mass is 9.86. The number of nitrogens with zero attached hydrogens (tertiary/aromatic N) is 1. The highest BCUT2D eigenvalue weighted by molar-refractivity contribution is 5.44. The molecule has 4 heteroatoms. The van der Waals surface area contributed by atoms with Gasteiger partial charge in [0.15, 0.2) is 11.5 Å². The third kappa shape index (κ3) is 2.93. The second-order valence-electron chi connectivity index (χ2n) is 4.54. The van der Waals surface area contributed by atoms with E-state index in [0.717, 1.165) is 5.56 Å². The van der Waals surface area contributed by atoms with Crippen molar-refractivity contribution in [3.05, 3.63) is 23.8 Å². The van der Waals surface area contributed by atoms with Crippen LogP contribution in [0, 0.1) is 23.2 Å². The Morgan fingerprint density at radius 1 is 1.17 bits per heavy atom. The molecule has 0 saturated carbocycles.